The summed E-state index contributed by atoms with van der Waals surface area (Å²) in [5.41, 5.74) is 6.93. The lowest BCUT2D eigenvalue weighted by molar-refractivity contribution is 0.601. The summed E-state index contributed by atoms with van der Waals surface area (Å²) >= 11 is 3.36. The quantitative estimate of drug-likeness (QED) is 0.898. The Hall–Kier alpha value is -1.60. The van der Waals surface area contributed by atoms with E-state index < -0.39 is 10.0 Å². The van der Waals surface area contributed by atoms with Crippen molar-refractivity contribution >= 4 is 37.5 Å². The zero-order valence-corrected chi connectivity index (χ0v) is 12.5. The number of hydrogen-bond acceptors (Lipinski definition) is 4. The van der Waals surface area contributed by atoms with Crippen LogP contribution in [-0.4, -0.2) is 13.4 Å². The lowest BCUT2D eigenvalue weighted by atomic mass is 10.2. The molecule has 19 heavy (non-hydrogen) atoms. The SMILES string of the molecule is Cc1ccc(NS(=O)(=O)c2ccc(N)nc2)cc1Br. The molecule has 1 aromatic heterocycles. The van der Waals surface area contributed by atoms with Crippen molar-refractivity contribution < 1.29 is 8.42 Å². The molecule has 0 unspecified atom stereocenters. The number of aryl methyl sites for hydroxylation is 1. The van der Waals surface area contributed by atoms with Crippen LogP contribution in [0.2, 0.25) is 0 Å². The largest absolute Gasteiger partial charge is 0.384 e. The highest BCUT2D eigenvalue weighted by Gasteiger charge is 2.14. The minimum atomic E-state index is -3.65. The molecule has 2 rings (SSSR count). The van der Waals surface area contributed by atoms with Crippen molar-refractivity contribution in [3.8, 4) is 0 Å². The molecule has 0 radical (unpaired) electrons. The van der Waals surface area contributed by atoms with Crippen LogP contribution in [0.5, 0.6) is 0 Å². The molecule has 0 fully saturated rings. The highest BCUT2D eigenvalue weighted by molar-refractivity contribution is 9.10. The molecule has 0 atom stereocenters. The average molecular weight is 342 g/mol. The van der Waals surface area contributed by atoms with Crippen LogP contribution in [0.4, 0.5) is 11.5 Å². The lowest BCUT2D eigenvalue weighted by Crippen LogP contribution is -2.13. The second-order valence-electron chi connectivity index (χ2n) is 3.99. The Bertz CT molecular complexity index is 699. The number of hydrogen-bond donors (Lipinski definition) is 2. The Labute approximate surface area is 120 Å². The number of halogens is 1. The van der Waals surface area contributed by atoms with Crippen molar-refractivity contribution in [1.29, 1.82) is 0 Å². The van der Waals surface area contributed by atoms with Gasteiger partial charge in [-0.25, -0.2) is 13.4 Å². The fourth-order valence-electron chi connectivity index (χ4n) is 1.42. The second kappa shape index (κ2) is 5.18. The number of rotatable bonds is 3. The molecule has 100 valence electrons. The van der Waals surface area contributed by atoms with Crippen molar-refractivity contribution in [2.45, 2.75) is 11.8 Å². The Morgan fingerprint density at radius 1 is 1.26 bits per heavy atom. The Morgan fingerprint density at radius 2 is 2.00 bits per heavy atom. The molecule has 0 aliphatic carbocycles. The van der Waals surface area contributed by atoms with E-state index >= 15 is 0 Å². The third-order valence-corrected chi connectivity index (χ3v) is 4.71. The van der Waals surface area contributed by atoms with Crippen molar-refractivity contribution in [3.63, 3.8) is 0 Å². The van der Waals surface area contributed by atoms with E-state index in [0.717, 1.165) is 10.0 Å². The van der Waals surface area contributed by atoms with E-state index in [9.17, 15) is 8.42 Å². The molecule has 0 spiro atoms. The van der Waals surface area contributed by atoms with Gasteiger partial charge in [0.1, 0.15) is 10.7 Å². The van der Waals surface area contributed by atoms with Crippen LogP contribution in [0.3, 0.4) is 0 Å². The van der Waals surface area contributed by atoms with Gasteiger partial charge in [-0.1, -0.05) is 22.0 Å². The van der Waals surface area contributed by atoms with Gasteiger partial charge in [0, 0.05) is 16.4 Å². The van der Waals surface area contributed by atoms with Gasteiger partial charge in [0.25, 0.3) is 10.0 Å². The van der Waals surface area contributed by atoms with E-state index in [4.69, 9.17) is 5.73 Å². The maximum atomic E-state index is 12.1. The number of nitrogens with one attached hydrogen (secondary N) is 1. The minimum Gasteiger partial charge on any atom is -0.384 e. The number of nitrogen functional groups attached to an aromatic ring is 1. The van der Waals surface area contributed by atoms with E-state index in [2.05, 4.69) is 25.6 Å². The molecule has 0 amide bonds. The van der Waals surface area contributed by atoms with Gasteiger partial charge in [0.05, 0.1) is 0 Å². The van der Waals surface area contributed by atoms with Gasteiger partial charge >= 0.3 is 0 Å². The number of sulfonamides is 1. The van der Waals surface area contributed by atoms with Crippen LogP contribution < -0.4 is 10.5 Å². The average Bonchev–Trinajstić information content (AvgIpc) is 2.34. The van der Waals surface area contributed by atoms with Gasteiger partial charge in [-0.3, -0.25) is 4.72 Å². The standard InChI is InChI=1S/C12H12BrN3O2S/c1-8-2-3-9(6-11(8)13)16-19(17,18)10-4-5-12(14)15-7-10/h2-7,16H,1H3,(H2,14,15). The molecule has 0 saturated heterocycles. The van der Waals surface area contributed by atoms with Crippen LogP contribution in [0.15, 0.2) is 45.9 Å². The summed E-state index contributed by atoms with van der Waals surface area (Å²) in [5.74, 6) is 0.275. The third-order valence-electron chi connectivity index (χ3n) is 2.49. The van der Waals surface area contributed by atoms with E-state index in [-0.39, 0.29) is 10.7 Å². The number of benzene rings is 1. The number of aromatic nitrogens is 1. The topological polar surface area (TPSA) is 85.1 Å². The zero-order chi connectivity index (χ0) is 14.0. The molecule has 1 aromatic carbocycles. The maximum Gasteiger partial charge on any atom is 0.263 e. The first kappa shape index (κ1) is 13.8. The molecule has 0 bridgehead atoms. The van der Waals surface area contributed by atoms with Crippen molar-refractivity contribution in [2.24, 2.45) is 0 Å². The molecule has 7 heteroatoms. The number of nitrogens with two attached hydrogens (primary N) is 1. The summed E-state index contributed by atoms with van der Waals surface area (Å²) in [4.78, 5) is 3.84. The molecule has 1 heterocycles. The van der Waals surface area contributed by atoms with Crippen LogP contribution in [-0.2, 0) is 10.0 Å². The van der Waals surface area contributed by atoms with Gasteiger partial charge in [-0.15, -0.1) is 0 Å². The monoisotopic (exact) mass is 341 g/mol. The highest BCUT2D eigenvalue weighted by atomic mass is 79.9. The summed E-state index contributed by atoms with van der Waals surface area (Å²) in [6.07, 6.45) is 1.22. The molecule has 0 aliphatic rings. The van der Waals surface area contributed by atoms with E-state index in [1.807, 2.05) is 13.0 Å². The van der Waals surface area contributed by atoms with Crippen LogP contribution >= 0.6 is 15.9 Å². The molecule has 3 N–H and O–H groups in total. The van der Waals surface area contributed by atoms with Gasteiger partial charge in [0.2, 0.25) is 0 Å². The van der Waals surface area contributed by atoms with Crippen LogP contribution in [0.25, 0.3) is 0 Å². The van der Waals surface area contributed by atoms with Gasteiger partial charge < -0.3 is 5.73 Å². The first-order valence-electron chi connectivity index (χ1n) is 5.39. The molecule has 2 aromatic rings. The first-order valence-corrected chi connectivity index (χ1v) is 7.66. The Morgan fingerprint density at radius 3 is 2.58 bits per heavy atom. The molecular formula is C12H12BrN3O2S. The highest BCUT2D eigenvalue weighted by Crippen LogP contribution is 2.22. The summed E-state index contributed by atoms with van der Waals surface area (Å²) in [6, 6.07) is 8.08. The van der Waals surface area contributed by atoms with Crippen molar-refractivity contribution in [3.05, 3.63) is 46.6 Å². The Balaban J connectivity index is 2.30. The predicted molar refractivity (Wildman–Crippen MR) is 78.3 cm³/mol. The number of anilines is 2. The summed E-state index contributed by atoms with van der Waals surface area (Å²) in [7, 11) is -3.65. The molecular weight excluding hydrogens is 330 g/mol. The summed E-state index contributed by atoms with van der Waals surface area (Å²) in [6.45, 7) is 1.92. The molecule has 0 saturated carbocycles. The van der Waals surface area contributed by atoms with Gasteiger partial charge in [-0.2, -0.15) is 0 Å². The first-order chi connectivity index (χ1) is 8.88. The van der Waals surface area contributed by atoms with E-state index in [0.29, 0.717) is 5.69 Å². The van der Waals surface area contributed by atoms with Gasteiger partial charge in [-0.05, 0) is 36.8 Å². The predicted octanol–water partition coefficient (Wildman–Crippen LogP) is 2.54. The zero-order valence-electron chi connectivity index (χ0n) is 10.1. The van der Waals surface area contributed by atoms with Crippen molar-refractivity contribution in [2.75, 3.05) is 10.5 Å². The minimum absolute atomic E-state index is 0.0680. The van der Waals surface area contributed by atoms with Gasteiger partial charge in [0.15, 0.2) is 0 Å². The smallest absolute Gasteiger partial charge is 0.263 e. The fourth-order valence-corrected chi connectivity index (χ4v) is 2.79. The summed E-state index contributed by atoms with van der Waals surface area (Å²) in [5, 5.41) is 0. The molecule has 0 aliphatic heterocycles. The van der Waals surface area contributed by atoms with Crippen LogP contribution in [0.1, 0.15) is 5.56 Å². The van der Waals surface area contributed by atoms with E-state index in [1.54, 1.807) is 12.1 Å². The number of nitrogens with zero attached hydrogens (tertiary/aromatic N) is 1. The second-order valence-corrected chi connectivity index (χ2v) is 6.52. The van der Waals surface area contributed by atoms with Crippen LogP contribution in [0, 0.1) is 6.92 Å². The third kappa shape index (κ3) is 3.24. The maximum absolute atomic E-state index is 12.1. The summed E-state index contributed by atoms with van der Waals surface area (Å²) < 4.78 is 27.5. The van der Waals surface area contributed by atoms with Crippen molar-refractivity contribution in [1.82, 2.24) is 4.98 Å². The van der Waals surface area contributed by atoms with E-state index in [1.165, 1.54) is 18.3 Å². The molecule has 5 nitrogen and oxygen atoms in total. The lowest BCUT2D eigenvalue weighted by Gasteiger charge is -2.09. The Kier molecular flexibility index (Phi) is 3.77. The number of pyridine rings is 1. The normalized spacial score (nSPS) is 11.3. The fraction of sp³-hybridized carbons (Fsp3) is 0.0833.